The van der Waals surface area contributed by atoms with Gasteiger partial charge in [0.2, 0.25) is 0 Å². The van der Waals surface area contributed by atoms with E-state index in [0.717, 1.165) is 6.61 Å². The second-order valence-electron chi connectivity index (χ2n) is 2.06. The minimum Gasteiger partial charge on any atom is -0.381 e. The van der Waals surface area contributed by atoms with E-state index in [9.17, 15) is 0 Å². The van der Waals surface area contributed by atoms with E-state index in [4.69, 9.17) is 10.5 Å². The van der Waals surface area contributed by atoms with Crippen molar-refractivity contribution in [1.82, 2.24) is 15.0 Å². The van der Waals surface area contributed by atoms with Crippen LogP contribution in [0.15, 0.2) is 6.20 Å². The maximum absolute atomic E-state index is 5.35. The molecule has 62 valence electrons. The molecular formula is C6H12N4O. The summed E-state index contributed by atoms with van der Waals surface area (Å²) in [6.45, 7) is 3.96. The van der Waals surface area contributed by atoms with Crippen molar-refractivity contribution in [2.75, 3.05) is 18.9 Å². The Bertz CT molecular complexity index is 210. The molecule has 0 bridgehead atoms. The van der Waals surface area contributed by atoms with Gasteiger partial charge in [0.1, 0.15) is 0 Å². The number of hydrogen-bond acceptors (Lipinski definition) is 4. The molecule has 0 spiro atoms. The first-order valence-electron chi connectivity index (χ1n) is 3.56. The van der Waals surface area contributed by atoms with Gasteiger partial charge in [0.25, 0.3) is 0 Å². The molecule has 1 aromatic heterocycles. The van der Waals surface area contributed by atoms with Gasteiger partial charge < -0.3 is 10.5 Å². The summed E-state index contributed by atoms with van der Waals surface area (Å²) in [5.74, 6) is 0.446. The quantitative estimate of drug-likeness (QED) is 0.618. The highest BCUT2D eigenvalue weighted by molar-refractivity contribution is 5.19. The Balaban J connectivity index is 2.27. The van der Waals surface area contributed by atoms with E-state index in [0.29, 0.717) is 19.0 Å². The smallest absolute Gasteiger partial charge is 0.165 e. The molecule has 0 atom stereocenters. The van der Waals surface area contributed by atoms with Gasteiger partial charge in [-0.25, -0.2) is 0 Å². The van der Waals surface area contributed by atoms with Gasteiger partial charge in [-0.2, -0.15) is 9.90 Å². The Hall–Kier alpha value is -1.10. The molecular weight excluding hydrogens is 144 g/mol. The van der Waals surface area contributed by atoms with Gasteiger partial charge in [0, 0.05) is 6.61 Å². The number of nitrogens with two attached hydrogens (primary N) is 1. The molecule has 0 saturated heterocycles. The summed E-state index contributed by atoms with van der Waals surface area (Å²) >= 11 is 0. The summed E-state index contributed by atoms with van der Waals surface area (Å²) in [5, 5.41) is 7.77. The number of nitrogen functional groups attached to an aromatic ring is 1. The van der Waals surface area contributed by atoms with Crippen molar-refractivity contribution in [2.45, 2.75) is 13.5 Å². The second kappa shape index (κ2) is 3.92. The maximum atomic E-state index is 5.35. The molecule has 11 heavy (non-hydrogen) atoms. The minimum absolute atomic E-state index is 0.446. The van der Waals surface area contributed by atoms with E-state index in [1.165, 1.54) is 11.0 Å². The first-order valence-corrected chi connectivity index (χ1v) is 3.56. The lowest BCUT2D eigenvalue weighted by molar-refractivity contribution is 0.133. The van der Waals surface area contributed by atoms with E-state index in [1.807, 2.05) is 6.92 Å². The Morgan fingerprint density at radius 1 is 1.73 bits per heavy atom. The summed E-state index contributed by atoms with van der Waals surface area (Å²) in [6, 6.07) is 0. The molecule has 0 aliphatic carbocycles. The summed E-state index contributed by atoms with van der Waals surface area (Å²) in [5.41, 5.74) is 5.35. The fraction of sp³-hybridized carbons (Fsp3) is 0.667. The van der Waals surface area contributed by atoms with Crippen LogP contribution >= 0.6 is 0 Å². The van der Waals surface area contributed by atoms with Crippen LogP contribution in [-0.4, -0.2) is 28.2 Å². The molecule has 0 fully saturated rings. The van der Waals surface area contributed by atoms with E-state index in [1.54, 1.807) is 0 Å². The van der Waals surface area contributed by atoms with E-state index >= 15 is 0 Å². The van der Waals surface area contributed by atoms with Gasteiger partial charge in [-0.15, -0.1) is 5.10 Å². The third-order valence-corrected chi connectivity index (χ3v) is 1.19. The topological polar surface area (TPSA) is 66.0 Å². The van der Waals surface area contributed by atoms with Crippen molar-refractivity contribution in [3.63, 3.8) is 0 Å². The van der Waals surface area contributed by atoms with Gasteiger partial charge in [0.15, 0.2) is 5.82 Å². The Labute approximate surface area is 65.1 Å². The third kappa shape index (κ3) is 2.55. The summed E-state index contributed by atoms with van der Waals surface area (Å²) in [4.78, 5) is 1.52. The number of nitrogens with zero attached hydrogens (tertiary/aromatic N) is 3. The molecule has 0 radical (unpaired) electrons. The lowest BCUT2D eigenvalue weighted by Crippen LogP contribution is -2.08. The van der Waals surface area contributed by atoms with Crippen LogP contribution in [0.25, 0.3) is 0 Å². The summed E-state index contributed by atoms with van der Waals surface area (Å²) < 4.78 is 5.11. The molecule has 0 aliphatic heterocycles. The molecule has 5 nitrogen and oxygen atoms in total. The van der Waals surface area contributed by atoms with Crippen LogP contribution in [0.4, 0.5) is 5.82 Å². The van der Waals surface area contributed by atoms with Gasteiger partial charge >= 0.3 is 0 Å². The standard InChI is InChI=1S/C6H12N4O/c1-2-11-4-3-10-8-5-6(7)9-10/h5H,2-4H2,1H3,(H2,7,9). The normalized spacial score (nSPS) is 10.3. The first kappa shape index (κ1) is 8.00. The Morgan fingerprint density at radius 2 is 2.55 bits per heavy atom. The second-order valence-corrected chi connectivity index (χ2v) is 2.06. The Kier molecular flexibility index (Phi) is 2.85. The van der Waals surface area contributed by atoms with Crippen molar-refractivity contribution in [3.8, 4) is 0 Å². The predicted octanol–water partition coefficient (Wildman–Crippen LogP) is -0.103. The molecule has 0 aliphatic rings. The molecule has 2 N–H and O–H groups in total. The van der Waals surface area contributed by atoms with Crippen molar-refractivity contribution < 1.29 is 4.74 Å². The van der Waals surface area contributed by atoms with Crippen LogP contribution in [0.2, 0.25) is 0 Å². The number of anilines is 1. The van der Waals surface area contributed by atoms with Gasteiger partial charge in [-0.05, 0) is 6.92 Å². The SMILES string of the molecule is CCOCCn1ncc(N)n1. The highest BCUT2D eigenvalue weighted by Gasteiger charge is 1.94. The van der Waals surface area contributed by atoms with Crippen LogP contribution in [0.3, 0.4) is 0 Å². The van der Waals surface area contributed by atoms with Gasteiger partial charge in [0.05, 0.1) is 19.3 Å². The number of ether oxygens (including phenoxy) is 1. The molecule has 5 heteroatoms. The zero-order valence-electron chi connectivity index (χ0n) is 6.53. The molecule has 1 aromatic rings. The van der Waals surface area contributed by atoms with Crippen molar-refractivity contribution in [3.05, 3.63) is 6.20 Å². The van der Waals surface area contributed by atoms with E-state index in [2.05, 4.69) is 10.2 Å². The number of rotatable bonds is 4. The lowest BCUT2D eigenvalue weighted by atomic mass is 10.7. The zero-order valence-corrected chi connectivity index (χ0v) is 6.53. The number of hydrogen-bond donors (Lipinski definition) is 1. The van der Waals surface area contributed by atoms with E-state index in [-0.39, 0.29) is 0 Å². The molecule has 0 unspecified atom stereocenters. The van der Waals surface area contributed by atoms with Crippen LogP contribution in [-0.2, 0) is 11.3 Å². The van der Waals surface area contributed by atoms with Crippen LogP contribution in [0.1, 0.15) is 6.92 Å². The highest BCUT2D eigenvalue weighted by atomic mass is 16.5. The van der Waals surface area contributed by atoms with Crippen LogP contribution in [0.5, 0.6) is 0 Å². The van der Waals surface area contributed by atoms with E-state index < -0.39 is 0 Å². The zero-order chi connectivity index (χ0) is 8.10. The van der Waals surface area contributed by atoms with Gasteiger partial charge in [-0.1, -0.05) is 0 Å². The summed E-state index contributed by atoms with van der Waals surface area (Å²) in [7, 11) is 0. The molecule has 1 heterocycles. The third-order valence-electron chi connectivity index (χ3n) is 1.19. The maximum Gasteiger partial charge on any atom is 0.165 e. The first-order chi connectivity index (χ1) is 5.33. The van der Waals surface area contributed by atoms with Crippen LogP contribution < -0.4 is 5.73 Å². The lowest BCUT2D eigenvalue weighted by Gasteiger charge is -1.98. The number of aromatic nitrogens is 3. The fourth-order valence-corrected chi connectivity index (χ4v) is 0.709. The molecule has 0 amide bonds. The van der Waals surface area contributed by atoms with Gasteiger partial charge in [-0.3, -0.25) is 0 Å². The van der Waals surface area contributed by atoms with Crippen LogP contribution in [0, 0.1) is 0 Å². The minimum atomic E-state index is 0.446. The van der Waals surface area contributed by atoms with Crippen molar-refractivity contribution >= 4 is 5.82 Å². The molecule has 0 saturated carbocycles. The Morgan fingerprint density at radius 3 is 3.09 bits per heavy atom. The highest BCUT2D eigenvalue weighted by Crippen LogP contribution is 1.90. The molecule has 0 aromatic carbocycles. The largest absolute Gasteiger partial charge is 0.381 e. The van der Waals surface area contributed by atoms with Crippen molar-refractivity contribution in [1.29, 1.82) is 0 Å². The predicted molar refractivity (Wildman–Crippen MR) is 40.9 cm³/mol. The average molecular weight is 156 g/mol. The average Bonchev–Trinajstić information content (AvgIpc) is 2.37. The fourth-order valence-electron chi connectivity index (χ4n) is 0.709. The summed E-state index contributed by atoms with van der Waals surface area (Å²) in [6.07, 6.45) is 1.52. The monoisotopic (exact) mass is 156 g/mol. The van der Waals surface area contributed by atoms with Crippen molar-refractivity contribution in [2.24, 2.45) is 0 Å². The molecule has 1 rings (SSSR count).